The molecular weight excluding hydrogens is 400 g/mol. The number of aryl methyl sites for hydroxylation is 2. The largest absolute Gasteiger partial charge is 0.345 e. The van der Waals surface area contributed by atoms with Crippen LogP contribution in [0.2, 0.25) is 0 Å². The fraction of sp³-hybridized carbons (Fsp3) is 0.636. The van der Waals surface area contributed by atoms with Crippen molar-refractivity contribution < 1.29 is 13.2 Å². The van der Waals surface area contributed by atoms with Crippen LogP contribution in [0.15, 0.2) is 11.0 Å². The van der Waals surface area contributed by atoms with Crippen molar-refractivity contribution in [2.75, 3.05) is 13.1 Å². The lowest BCUT2D eigenvalue weighted by atomic mass is 10.0. The van der Waals surface area contributed by atoms with Crippen molar-refractivity contribution in [2.45, 2.75) is 77.8 Å². The Labute approximate surface area is 179 Å². The van der Waals surface area contributed by atoms with Crippen LogP contribution in [0.3, 0.4) is 0 Å². The molecule has 7 nitrogen and oxygen atoms in total. The lowest BCUT2D eigenvalue weighted by Crippen LogP contribution is -2.38. The third-order valence-electron chi connectivity index (χ3n) is 6.65. The fourth-order valence-corrected chi connectivity index (χ4v) is 6.58. The molecular formula is C22H32N4O3S. The minimum atomic E-state index is -3.61. The lowest BCUT2D eigenvalue weighted by molar-refractivity contribution is 0.0966. The molecule has 0 aromatic carbocycles. The van der Waals surface area contributed by atoms with Crippen LogP contribution in [0, 0.1) is 33.6 Å². The molecule has 2 aromatic heterocycles. The fourth-order valence-electron chi connectivity index (χ4n) is 4.74. The first-order valence-electron chi connectivity index (χ1n) is 10.9. The molecule has 164 valence electrons. The van der Waals surface area contributed by atoms with Crippen molar-refractivity contribution in [1.82, 2.24) is 18.7 Å². The minimum absolute atomic E-state index is 0.0312. The number of carbonyl (C=O) groups is 1. The topological polar surface area (TPSA) is 77.2 Å². The normalized spacial score (nSPS) is 18.8. The Morgan fingerprint density at radius 1 is 1.07 bits per heavy atom. The number of nitrogens with zero attached hydrogens (tertiary/aromatic N) is 4. The summed E-state index contributed by atoms with van der Waals surface area (Å²) >= 11 is 0. The lowest BCUT2D eigenvalue weighted by Gasteiger charge is -2.29. The van der Waals surface area contributed by atoms with Crippen molar-refractivity contribution in [1.29, 1.82) is 0 Å². The number of ketones is 1. The Kier molecular flexibility index (Phi) is 5.43. The molecule has 2 fully saturated rings. The van der Waals surface area contributed by atoms with E-state index in [2.05, 4.69) is 16.6 Å². The highest BCUT2D eigenvalue weighted by Crippen LogP contribution is 2.38. The van der Waals surface area contributed by atoms with Gasteiger partial charge in [-0.15, -0.1) is 0 Å². The summed E-state index contributed by atoms with van der Waals surface area (Å²) in [6.07, 6.45) is 4.08. The number of piperidine rings is 1. The minimum Gasteiger partial charge on any atom is -0.345 e. The Hall–Kier alpha value is -1.93. The van der Waals surface area contributed by atoms with E-state index >= 15 is 0 Å². The molecule has 4 rings (SSSR count). The number of Topliss-reactive ketones (excluding diaryl/α,β-unsaturated/α-hetero) is 1. The van der Waals surface area contributed by atoms with E-state index in [1.807, 2.05) is 19.9 Å². The van der Waals surface area contributed by atoms with Gasteiger partial charge in [0.2, 0.25) is 10.0 Å². The molecule has 0 unspecified atom stereocenters. The summed E-state index contributed by atoms with van der Waals surface area (Å²) in [5, 5.41) is 4.44. The molecule has 8 heteroatoms. The molecule has 1 aliphatic heterocycles. The summed E-state index contributed by atoms with van der Waals surface area (Å²) in [5.41, 5.74) is 3.81. The molecule has 0 amide bonds. The van der Waals surface area contributed by atoms with Gasteiger partial charge in [0.25, 0.3) is 0 Å². The maximum atomic E-state index is 13.3. The van der Waals surface area contributed by atoms with Crippen molar-refractivity contribution in [3.05, 3.63) is 34.4 Å². The number of carbonyl (C=O) groups excluding carboxylic acids is 1. The molecule has 0 spiro atoms. The molecule has 0 radical (unpaired) electrons. The molecule has 1 saturated heterocycles. The van der Waals surface area contributed by atoms with Gasteiger partial charge in [0.05, 0.1) is 11.4 Å². The van der Waals surface area contributed by atoms with Crippen LogP contribution in [0.4, 0.5) is 0 Å². The van der Waals surface area contributed by atoms with Crippen molar-refractivity contribution in [2.24, 2.45) is 5.92 Å². The number of sulfonamides is 1. The Morgan fingerprint density at radius 3 is 2.30 bits per heavy atom. The summed E-state index contributed by atoms with van der Waals surface area (Å²) in [5.74, 6) is 0.518. The summed E-state index contributed by atoms with van der Waals surface area (Å²) in [6.45, 7) is 10.8. The zero-order valence-electron chi connectivity index (χ0n) is 18.6. The predicted octanol–water partition coefficient (Wildman–Crippen LogP) is 3.56. The van der Waals surface area contributed by atoms with Crippen LogP contribution in [0.25, 0.3) is 0 Å². The molecule has 1 aliphatic carbocycles. The standard InChI is InChI=1S/C22H32N4O3S/c1-14-8-10-24(11-9-14)30(28,29)22-16(3)23-25(18(22)5)13-21(27)20-12-15(2)26(17(20)4)19-6-7-19/h12,14,19H,6-11,13H2,1-5H3. The highest BCUT2D eigenvalue weighted by molar-refractivity contribution is 7.89. The molecule has 1 saturated carbocycles. The number of aromatic nitrogens is 3. The van der Waals surface area contributed by atoms with Crippen LogP contribution in [-0.2, 0) is 16.6 Å². The Bertz CT molecular complexity index is 1080. The van der Waals surface area contributed by atoms with Crippen LogP contribution in [0.1, 0.15) is 71.8 Å². The van der Waals surface area contributed by atoms with E-state index in [9.17, 15) is 13.2 Å². The van der Waals surface area contributed by atoms with Crippen LogP contribution < -0.4 is 0 Å². The number of hydrogen-bond acceptors (Lipinski definition) is 4. The van der Waals surface area contributed by atoms with E-state index in [1.165, 1.54) is 0 Å². The average Bonchev–Trinajstić information content (AvgIpc) is 3.39. The summed E-state index contributed by atoms with van der Waals surface area (Å²) < 4.78 is 31.9. The van der Waals surface area contributed by atoms with Gasteiger partial charge in [0, 0.05) is 36.1 Å². The highest BCUT2D eigenvalue weighted by atomic mass is 32.2. The Balaban J connectivity index is 1.60. The van der Waals surface area contributed by atoms with Gasteiger partial charge in [0.1, 0.15) is 11.4 Å². The first-order valence-corrected chi connectivity index (χ1v) is 12.3. The molecule has 0 N–H and O–H groups in total. The first kappa shape index (κ1) is 21.3. The summed E-state index contributed by atoms with van der Waals surface area (Å²) in [6, 6.07) is 2.47. The van der Waals surface area contributed by atoms with Crippen LogP contribution in [-0.4, -0.2) is 45.9 Å². The summed E-state index contributed by atoms with van der Waals surface area (Å²) in [4.78, 5) is 13.3. The molecule has 2 aromatic rings. The first-order chi connectivity index (χ1) is 14.1. The van der Waals surface area contributed by atoms with Gasteiger partial charge in [-0.2, -0.15) is 9.40 Å². The van der Waals surface area contributed by atoms with Gasteiger partial charge in [-0.25, -0.2) is 8.42 Å². The second-order valence-electron chi connectivity index (χ2n) is 9.05. The van der Waals surface area contributed by atoms with Gasteiger partial charge in [-0.05, 0) is 65.4 Å². The quantitative estimate of drug-likeness (QED) is 0.654. The van der Waals surface area contributed by atoms with Gasteiger partial charge in [-0.1, -0.05) is 6.92 Å². The van der Waals surface area contributed by atoms with E-state index < -0.39 is 10.0 Å². The maximum Gasteiger partial charge on any atom is 0.246 e. The van der Waals surface area contributed by atoms with Crippen LogP contribution in [0.5, 0.6) is 0 Å². The third kappa shape index (κ3) is 3.64. The van der Waals surface area contributed by atoms with Crippen molar-refractivity contribution >= 4 is 15.8 Å². The number of rotatable bonds is 6. The molecule has 2 aliphatic rings. The smallest absolute Gasteiger partial charge is 0.246 e. The van der Waals surface area contributed by atoms with Gasteiger partial charge < -0.3 is 4.57 Å². The monoisotopic (exact) mass is 432 g/mol. The summed E-state index contributed by atoms with van der Waals surface area (Å²) in [7, 11) is -3.61. The second-order valence-corrected chi connectivity index (χ2v) is 10.9. The van der Waals surface area contributed by atoms with E-state index in [1.54, 1.807) is 22.8 Å². The Morgan fingerprint density at radius 2 is 1.70 bits per heavy atom. The zero-order chi connectivity index (χ0) is 21.8. The highest BCUT2D eigenvalue weighted by Gasteiger charge is 2.34. The van der Waals surface area contributed by atoms with Gasteiger partial charge in [-0.3, -0.25) is 9.48 Å². The second kappa shape index (κ2) is 7.64. The van der Waals surface area contributed by atoms with E-state index in [4.69, 9.17) is 0 Å². The molecule has 0 bridgehead atoms. The van der Waals surface area contributed by atoms with E-state index in [0.717, 1.165) is 37.1 Å². The van der Waals surface area contributed by atoms with Crippen molar-refractivity contribution in [3.8, 4) is 0 Å². The molecule has 30 heavy (non-hydrogen) atoms. The predicted molar refractivity (Wildman–Crippen MR) is 115 cm³/mol. The van der Waals surface area contributed by atoms with Crippen molar-refractivity contribution in [3.63, 3.8) is 0 Å². The van der Waals surface area contributed by atoms with Gasteiger partial charge in [0.15, 0.2) is 5.78 Å². The van der Waals surface area contributed by atoms with Gasteiger partial charge >= 0.3 is 0 Å². The number of hydrogen-bond donors (Lipinski definition) is 0. The SMILES string of the molecule is Cc1nn(CC(=O)c2cc(C)n(C3CC3)c2C)c(C)c1S(=O)(=O)N1CCC(C)CC1. The maximum absolute atomic E-state index is 13.3. The van der Waals surface area contributed by atoms with E-state index in [0.29, 0.717) is 42.0 Å². The van der Waals surface area contributed by atoms with Crippen LogP contribution >= 0.6 is 0 Å². The molecule has 0 atom stereocenters. The third-order valence-corrected chi connectivity index (χ3v) is 8.80. The zero-order valence-corrected chi connectivity index (χ0v) is 19.4. The van der Waals surface area contributed by atoms with E-state index in [-0.39, 0.29) is 17.2 Å². The molecule has 3 heterocycles. The average molecular weight is 433 g/mol.